The molecule has 0 atom stereocenters. The van der Waals surface area contributed by atoms with Gasteiger partial charge in [-0.05, 0) is 49.3 Å². The van der Waals surface area contributed by atoms with Crippen LogP contribution in [0.1, 0.15) is 56.6 Å². The fourth-order valence-corrected chi connectivity index (χ4v) is 3.14. The fraction of sp³-hybridized carbons (Fsp3) is 0.647. The zero-order valence-electron chi connectivity index (χ0n) is 12.5. The molecule has 0 radical (unpaired) electrons. The Morgan fingerprint density at radius 1 is 1.05 bits per heavy atom. The Hall–Kier alpha value is -1.03. The molecule has 0 saturated heterocycles. The van der Waals surface area contributed by atoms with E-state index in [1.807, 2.05) is 0 Å². The molecule has 0 aromatic heterocycles. The highest BCUT2D eigenvalue weighted by atomic mass is 19.4. The number of rotatable bonds is 5. The molecule has 1 aromatic rings. The summed E-state index contributed by atoms with van der Waals surface area (Å²) >= 11 is 0. The molecule has 0 heterocycles. The predicted octanol–water partition coefficient (Wildman–Crippen LogP) is 5.15. The molecule has 0 bridgehead atoms. The summed E-state index contributed by atoms with van der Waals surface area (Å²) in [6.45, 7) is 2.89. The lowest BCUT2D eigenvalue weighted by Crippen LogP contribution is -2.32. The Morgan fingerprint density at radius 3 is 2.19 bits per heavy atom. The van der Waals surface area contributed by atoms with E-state index in [0.29, 0.717) is 12.6 Å². The number of alkyl halides is 3. The van der Waals surface area contributed by atoms with Crippen LogP contribution in [-0.4, -0.2) is 6.04 Å². The molecule has 21 heavy (non-hydrogen) atoms. The van der Waals surface area contributed by atoms with Gasteiger partial charge in [0.15, 0.2) is 0 Å². The van der Waals surface area contributed by atoms with Crippen LogP contribution in [0.4, 0.5) is 13.2 Å². The summed E-state index contributed by atoms with van der Waals surface area (Å²) in [6, 6.07) is 5.97. The van der Waals surface area contributed by atoms with E-state index in [1.165, 1.54) is 38.5 Å². The highest BCUT2D eigenvalue weighted by Crippen LogP contribution is 2.30. The van der Waals surface area contributed by atoms with Crippen LogP contribution in [0.2, 0.25) is 0 Å². The van der Waals surface area contributed by atoms with Crippen molar-refractivity contribution in [3.05, 3.63) is 35.4 Å². The van der Waals surface area contributed by atoms with Crippen LogP contribution in [0.5, 0.6) is 0 Å². The quantitative estimate of drug-likeness (QED) is 0.792. The largest absolute Gasteiger partial charge is 0.416 e. The maximum absolute atomic E-state index is 12.5. The Morgan fingerprint density at radius 2 is 1.67 bits per heavy atom. The third-order valence-electron chi connectivity index (χ3n) is 4.42. The standard InChI is InChI=1S/C17H24F3N/c1-2-3-13-6-10-16(11-7-13)21-12-14-4-8-15(9-5-14)17(18,19)20/h4-5,8-9,13,16,21H,2-3,6-7,10-12H2,1H3. The zero-order valence-corrected chi connectivity index (χ0v) is 12.5. The Balaban J connectivity index is 1.76. The number of halogens is 3. The summed E-state index contributed by atoms with van der Waals surface area (Å²) in [7, 11) is 0. The Kier molecular flexibility index (Phi) is 5.68. The Labute approximate surface area is 124 Å². The average molecular weight is 299 g/mol. The third kappa shape index (κ3) is 5.03. The summed E-state index contributed by atoms with van der Waals surface area (Å²) in [5.41, 5.74) is 0.338. The minimum atomic E-state index is -4.25. The molecule has 4 heteroatoms. The van der Waals surface area contributed by atoms with Crippen molar-refractivity contribution in [2.45, 2.75) is 64.2 Å². The number of hydrogen-bond acceptors (Lipinski definition) is 1. The maximum atomic E-state index is 12.5. The van der Waals surface area contributed by atoms with Crippen molar-refractivity contribution in [2.75, 3.05) is 0 Å². The van der Waals surface area contributed by atoms with Gasteiger partial charge in [0.25, 0.3) is 0 Å². The van der Waals surface area contributed by atoms with Crippen LogP contribution in [0.3, 0.4) is 0 Å². The SMILES string of the molecule is CCCC1CCC(NCc2ccc(C(F)(F)F)cc2)CC1. The summed E-state index contributed by atoms with van der Waals surface area (Å²) < 4.78 is 37.4. The fourth-order valence-electron chi connectivity index (χ4n) is 3.14. The molecule has 1 aromatic carbocycles. The summed E-state index contributed by atoms with van der Waals surface area (Å²) in [6.07, 6.45) is 3.26. The van der Waals surface area contributed by atoms with Crippen molar-refractivity contribution >= 4 is 0 Å². The summed E-state index contributed by atoms with van der Waals surface area (Å²) in [5, 5.41) is 3.48. The minimum Gasteiger partial charge on any atom is -0.310 e. The van der Waals surface area contributed by atoms with Crippen molar-refractivity contribution in [1.29, 1.82) is 0 Å². The molecule has 1 aliphatic rings. The van der Waals surface area contributed by atoms with Crippen molar-refractivity contribution in [2.24, 2.45) is 5.92 Å². The normalized spacial score (nSPS) is 23.2. The first-order chi connectivity index (χ1) is 9.99. The molecule has 0 spiro atoms. The molecule has 1 aliphatic carbocycles. The summed E-state index contributed by atoms with van der Waals surface area (Å²) in [4.78, 5) is 0. The molecule has 118 valence electrons. The van der Waals surface area contributed by atoms with Crippen LogP contribution in [0.25, 0.3) is 0 Å². The van der Waals surface area contributed by atoms with E-state index in [2.05, 4.69) is 12.2 Å². The predicted molar refractivity (Wildman–Crippen MR) is 78.9 cm³/mol. The monoisotopic (exact) mass is 299 g/mol. The van der Waals surface area contributed by atoms with Gasteiger partial charge < -0.3 is 5.32 Å². The van der Waals surface area contributed by atoms with Gasteiger partial charge in [-0.1, -0.05) is 31.9 Å². The van der Waals surface area contributed by atoms with Crippen LogP contribution < -0.4 is 5.32 Å². The first-order valence-corrected chi connectivity index (χ1v) is 7.88. The second kappa shape index (κ2) is 7.30. The van der Waals surface area contributed by atoms with Crippen LogP contribution in [-0.2, 0) is 12.7 Å². The second-order valence-corrected chi connectivity index (χ2v) is 6.08. The lowest BCUT2D eigenvalue weighted by Gasteiger charge is -2.29. The van der Waals surface area contributed by atoms with E-state index in [9.17, 15) is 13.2 Å². The van der Waals surface area contributed by atoms with Gasteiger partial charge in [0.05, 0.1) is 5.56 Å². The third-order valence-corrected chi connectivity index (χ3v) is 4.42. The molecule has 0 unspecified atom stereocenters. The van der Waals surface area contributed by atoms with E-state index in [1.54, 1.807) is 12.1 Å². The highest BCUT2D eigenvalue weighted by molar-refractivity contribution is 5.24. The van der Waals surface area contributed by atoms with Gasteiger partial charge in [0, 0.05) is 12.6 Å². The minimum absolute atomic E-state index is 0.514. The molecule has 1 N–H and O–H groups in total. The second-order valence-electron chi connectivity index (χ2n) is 6.08. The molecular formula is C17H24F3N. The van der Waals surface area contributed by atoms with E-state index < -0.39 is 11.7 Å². The first-order valence-electron chi connectivity index (χ1n) is 7.88. The molecule has 1 fully saturated rings. The lowest BCUT2D eigenvalue weighted by atomic mass is 9.83. The average Bonchev–Trinajstić information content (AvgIpc) is 2.46. The maximum Gasteiger partial charge on any atom is 0.416 e. The van der Waals surface area contributed by atoms with Gasteiger partial charge in [0.1, 0.15) is 0 Å². The topological polar surface area (TPSA) is 12.0 Å². The molecular weight excluding hydrogens is 275 g/mol. The van der Waals surface area contributed by atoms with E-state index >= 15 is 0 Å². The summed E-state index contributed by atoms with van der Waals surface area (Å²) in [5.74, 6) is 0.874. The van der Waals surface area contributed by atoms with Crippen molar-refractivity contribution < 1.29 is 13.2 Å². The molecule has 1 nitrogen and oxygen atoms in total. The molecule has 1 saturated carbocycles. The smallest absolute Gasteiger partial charge is 0.310 e. The van der Waals surface area contributed by atoms with E-state index in [-0.39, 0.29) is 0 Å². The van der Waals surface area contributed by atoms with Crippen molar-refractivity contribution in [3.63, 3.8) is 0 Å². The van der Waals surface area contributed by atoms with Crippen LogP contribution in [0.15, 0.2) is 24.3 Å². The van der Waals surface area contributed by atoms with Gasteiger partial charge in [-0.15, -0.1) is 0 Å². The van der Waals surface area contributed by atoms with Crippen molar-refractivity contribution in [1.82, 2.24) is 5.32 Å². The molecule has 0 aliphatic heterocycles. The molecule has 2 rings (SSSR count). The van der Waals surface area contributed by atoms with Crippen LogP contribution >= 0.6 is 0 Å². The number of hydrogen-bond donors (Lipinski definition) is 1. The van der Waals surface area contributed by atoms with Gasteiger partial charge in [-0.3, -0.25) is 0 Å². The van der Waals surface area contributed by atoms with E-state index in [4.69, 9.17) is 0 Å². The van der Waals surface area contributed by atoms with Crippen LogP contribution in [0, 0.1) is 5.92 Å². The highest BCUT2D eigenvalue weighted by Gasteiger charge is 2.29. The number of benzene rings is 1. The first kappa shape index (κ1) is 16.3. The number of nitrogens with one attached hydrogen (secondary N) is 1. The Bertz CT molecular complexity index is 417. The van der Waals surface area contributed by atoms with Crippen molar-refractivity contribution in [3.8, 4) is 0 Å². The lowest BCUT2D eigenvalue weighted by molar-refractivity contribution is -0.137. The van der Waals surface area contributed by atoms with Gasteiger partial charge in [-0.2, -0.15) is 13.2 Å². The van der Waals surface area contributed by atoms with Gasteiger partial charge in [0.2, 0.25) is 0 Å². The molecule has 0 amide bonds. The van der Waals surface area contributed by atoms with Gasteiger partial charge >= 0.3 is 6.18 Å². The van der Waals surface area contributed by atoms with E-state index in [0.717, 1.165) is 23.6 Å². The van der Waals surface area contributed by atoms with Gasteiger partial charge in [-0.25, -0.2) is 0 Å². The zero-order chi connectivity index (χ0) is 15.3.